The molecule has 0 spiro atoms. The van der Waals surface area contributed by atoms with Crippen LogP contribution >= 0.6 is 0 Å². The molecule has 0 aliphatic heterocycles. The fourth-order valence-electron chi connectivity index (χ4n) is 1.09. The van der Waals surface area contributed by atoms with E-state index in [1.54, 1.807) is 18.2 Å². The van der Waals surface area contributed by atoms with E-state index in [1.807, 2.05) is 12.1 Å². The van der Waals surface area contributed by atoms with Gasteiger partial charge in [0.25, 0.3) is 5.91 Å². The molecule has 3 nitrogen and oxygen atoms in total. The number of rotatable bonds is 3. The molecule has 3 N–H and O–H groups in total. The minimum absolute atomic E-state index is 0.272. The van der Waals surface area contributed by atoms with Gasteiger partial charge in [0.1, 0.15) is 0 Å². The second kappa shape index (κ2) is 4.42. The van der Waals surface area contributed by atoms with Crippen molar-refractivity contribution in [2.24, 2.45) is 5.84 Å². The molecule has 0 aliphatic rings. The monoisotopic (exact) mass is 176 g/mol. The maximum absolute atomic E-state index is 11.1. The summed E-state index contributed by atoms with van der Waals surface area (Å²) >= 11 is 0. The minimum Gasteiger partial charge on any atom is -0.290 e. The van der Waals surface area contributed by atoms with E-state index in [2.05, 4.69) is 12.0 Å². The van der Waals surface area contributed by atoms with Gasteiger partial charge in [-0.2, -0.15) is 0 Å². The number of carbonyl (C=O) groups excluding carboxylic acids is 1. The highest BCUT2D eigenvalue weighted by atomic mass is 16.2. The number of benzene rings is 1. The van der Waals surface area contributed by atoms with Gasteiger partial charge in [-0.25, -0.2) is 5.84 Å². The predicted octanol–water partition coefficient (Wildman–Crippen LogP) is 1.02. The number of nitrogens with one attached hydrogen (secondary N) is 1. The van der Waals surface area contributed by atoms with Crippen molar-refractivity contribution >= 4 is 5.91 Å². The summed E-state index contributed by atoms with van der Waals surface area (Å²) in [4.78, 5) is 11.1. The lowest BCUT2D eigenvalue weighted by molar-refractivity contribution is 0.0953. The Labute approximate surface area is 77.2 Å². The van der Waals surface area contributed by atoms with Gasteiger partial charge < -0.3 is 0 Å². The Hall–Kier alpha value is -1.61. The van der Waals surface area contributed by atoms with Crippen LogP contribution in [0.5, 0.6) is 0 Å². The number of nitrogens with two attached hydrogens (primary N) is 1. The standard InChI is InChI=1S/C10H12N2O/c1-2-4-8-5-3-6-9(7-8)10(13)12-11/h2-3,5-7H,1,4,11H2,(H,12,13). The van der Waals surface area contributed by atoms with E-state index in [0.717, 1.165) is 12.0 Å². The highest BCUT2D eigenvalue weighted by Crippen LogP contribution is 2.05. The second-order valence-corrected chi connectivity index (χ2v) is 2.67. The van der Waals surface area contributed by atoms with Gasteiger partial charge in [0.2, 0.25) is 0 Å². The first-order chi connectivity index (χ1) is 6.27. The number of allylic oxidation sites excluding steroid dienone is 1. The number of hydrazine groups is 1. The van der Waals surface area contributed by atoms with Gasteiger partial charge >= 0.3 is 0 Å². The molecule has 1 aromatic rings. The van der Waals surface area contributed by atoms with Crippen molar-refractivity contribution in [1.29, 1.82) is 0 Å². The average molecular weight is 176 g/mol. The molecule has 0 aromatic heterocycles. The van der Waals surface area contributed by atoms with Crippen LogP contribution in [0.3, 0.4) is 0 Å². The Balaban J connectivity index is 2.90. The molecule has 0 saturated heterocycles. The van der Waals surface area contributed by atoms with Crippen molar-refractivity contribution in [3.63, 3.8) is 0 Å². The molecule has 0 radical (unpaired) electrons. The van der Waals surface area contributed by atoms with E-state index in [4.69, 9.17) is 5.84 Å². The average Bonchev–Trinajstić information content (AvgIpc) is 2.18. The summed E-state index contributed by atoms with van der Waals surface area (Å²) in [6.45, 7) is 3.63. The summed E-state index contributed by atoms with van der Waals surface area (Å²) in [6.07, 6.45) is 2.55. The molecule has 3 heteroatoms. The van der Waals surface area contributed by atoms with Crippen LogP contribution in [0.4, 0.5) is 0 Å². The van der Waals surface area contributed by atoms with E-state index in [1.165, 1.54) is 0 Å². The van der Waals surface area contributed by atoms with E-state index >= 15 is 0 Å². The number of carbonyl (C=O) groups is 1. The molecular formula is C10H12N2O. The third kappa shape index (κ3) is 2.42. The van der Waals surface area contributed by atoms with Crippen LogP contribution in [-0.2, 0) is 6.42 Å². The second-order valence-electron chi connectivity index (χ2n) is 2.67. The largest absolute Gasteiger partial charge is 0.290 e. The Morgan fingerprint density at radius 2 is 2.38 bits per heavy atom. The first-order valence-electron chi connectivity index (χ1n) is 3.98. The highest BCUT2D eigenvalue weighted by Gasteiger charge is 2.02. The van der Waals surface area contributed by atoms with Gasteiger partial charge in [-0.3, -0.25) is 10.2 Å². The summed E-state index contributed by atoms with van der Waals surface area (Å²) in [5.41, 5.74) is 3.71. The van der Waals surface area contributed by atoms with Crippen LogP contribution in [-0.4, -0.2) is 5.91 Å². The Bertz CT molecular complexity index is 320. The molecule has 0 bridgehead atoms. The smallest absolute Gasteiger partial charge is 0.265 e. The third-order valence-corrected chi connectivity index (χ3v) is 1.70. The lowest BCUT2D eigenvalue weighted by atomic mass is 10.1. The molecule has 0 aliphatic carbocycles. The van der Waals surface area contributed by atoms with Crippen molar-refractivity contribution < 1.29 is 4.79 Å². The molecule has 1 aromatic carbocycles. The molecule has 0 saturated carbocycles. The summed E-state index contributed by atoms with van der Waals surface area (Å²) < 4.78 is 0. The molecule has 13 heavy (non-hydrogen) atoms. The van der Waals surface area contributed by atoms with E-state index in [0.29, 0.717) is 5.56 Å². The number of hydrogen-bond acceptors (Lipinski definition) is 2. The molecule has 0 heterocycles. The lowest BCUT2D eigenvalue weighted by Gasteiger charge is -2.01. The summed E-state index contributed by atoms with van der Waals surface area (Å²) in [5, 5.41) is 0. The van der Waals surface area contributed by atoms with E-state index < -0.39 is 0 Å². The molecule has 0 atom stereocenters. The molecular weight excluding hydrogens is 164 g/mol. The summed E-state index contributed by atoms with van der Waals surface area (Å²) in [5.74, 6) is 4.74. The van der Waals surface area contributed by atoms with Crippen LogP contribution in [0.2, 0.25) is 0 Å². The van der Waals surface area contributed by atoms with Crippen LogP contribution in [0.25, 0.3) is 0 Å². The Morgan fingerprint density at radius 1 is 1.62 bits per heavy atom. The zero-order chi connectivity index (χ0) is 9.68. The molecule has 68 valence electrons. The Morgan fingerprint density at radius 3 is 3.00 bits per heavy atom. The zero-order valence-electron chi connectivity index (χ0n) is 7.29. The van der Waals surface area contributed by atoms with Crippen LogP contribution in [0, 0.1) is 0 Å². The fraction of sp³-hybridized carbons (Fsp3) is 0.100. The molecule has 1 rings (SSSR count). The minimum atomic E-state index is -0.272. The van der Waals surface area contributed by atoms with Crippen LogP contribution in [0.1, 0.15) is 15.9 Å². The van der Waals surface area contributed by atoms with Crippen LogP contribution < -0.4 is 11.3 Å². The molecule has 1 amide bonds. The maximum Gasteiger partial charge on any atom is 0.265 e. The predicted molar refractivity (Wildman–Crippen MR) is 52.0 cm³/mol. The van der Waals surface area contributed by atoms with Crippen molar-refractivity contribution in [2.75, 3.05) is 0 Å². The van der Waals surface area contributed by atoms with Gasteiger partial charge in [0.15, 0.2) is 0 Å². The SMILES string of the molecule is C=CCc1cccc(C(=O)NN)c1. The normalized spacial score (nSPS) is 9.31. The number of nitrogen functional groups attached to an aromatic ring is 1. The van der Waals surface area contributed by atoms with Gasteiger partial charge in [-0.15, -0.1) is 6.58 Å². The Kier molecular flexibility index (Phi) is 3.23. The molecule has 0 unspecified atom stereocenters. The van der Waals surface area contributed by atoms with Gasteiger partial charge in [0, 0.05) is 5.56 Å². The number of amides is 1. The van der Waals surface area contributed by atoms with Crippen molar-refractivity contribution in [1.82, 2.24) is 5.43 Å². The first kappa shape index (κ1) is 9.48. The van der Waals surface area contributed by atoms with Gasteiger partial charge in [-0.05, 0) is 24.1 Å². The lowest BCUT2D eigenvalue weighted by Crippen LogP contribution is -2.29. The highest BCUT2D eigenvalue weighted by molar-refractivity contribution is 5.93. The molecule has 0 fully saturated rings. The maximum atomic E-state index is 11.1. The summed E-state index contributed by atoms with van der Waals surface area (Å²) in [6, 6.07) is 7.27. The third-order valence-electron chi connectivity index (χ3n) is 1.70. The zero-order valence-corrected chi connectivity index (χ0v) is 7.29. The van der Waals surface area contributed by atoms with Crippen molar-refractivity contribution in [2.45, 2.75) is 6.42 Å². The first-order valence-corrected chi connectivity index (χ1v) is 3.98. The van der Waals surface area contributed by atoms with Crippen molar-refractivity contribution in [3.8, 4) is 0 Å². The van der Waals surface area contributed by atoms with E-state index in [9.17, 15) is 4.79 Å². The van der Waals surface area contributed by atoms with Crippen LogP contribution in [0.15, 0.2) is 36.9 Å². The van der Waals surface area contributed by atoms with Gasteiger partial charge in [0.05, 0.1) is 0 Å². The quantitative estimate of drug-likeness (QED) is 0.312. The number of hydrogen-bond donors (Lipinski definition) is 2. The topological polar surface area (TPSA) is 55.1 Å². The van der Waals surface area contributed by atoms with Gasteiger partial charge in [-0.1, -0.05) is 18.2 Å². The fourth-order valence-corrected chi connectivity index (χ4v) is 1.09. The van der Waals surface area contributed by atoms with E-state index in [-0.39, 0.29) is 5.91 Å². The van der Waals surface area contributed by atoms with Crippen molar-refractivity contribution in [3.05, 3.63) is 48.0 Å². The summed E-state index contributed by atoms with van der Waals surface area (Å²) in [7, 11) is 0.